The minimum atomic E-state index is -1.03. The van der Waals surface area contributed by atoms with Gasteiger partial charge in [-0.1, -0.05) is 35.9 Å². The van der Waals surface area contributed by atoms with Crippen LogP contribution >= 0.6 is 22.9 Å². The number of anilines is 1. The fraction of sp³-hybridized carbons (Fsp3) is 0.167. The van der Waals surface area contributed by atoms with Crippen molar-refractivity contribution in [3.05, 3.63) is 88.4 Å². The van der Waals surface area contributed by atoms with Crippen molar-refractivity contribution in [2.75, 3.05) is 5.32 Å². The van der Waals surface area contributed by atoms with Crippen molar-refractivity contribution < 1.29 is 9.53 Å². The van der Waals surface area contributed by atoms with Crippen molar-refractivity contribution in [1.82, 2.24) is 4.98 Å². The fourth-order valence-electron chi connectivity index (χ4n) is 3.00. The summed E-state index contributed by atoms with van der Waals surface area (Å²) in [5.74, 6) is 0.363. The van der Waals surface area contributed by atoms with E-state index in [0.717, 1.165) is 28.2 Å². The second-order valence-electron chi connectivity index (χ2n) is 7.47. The summed E-state index contributed by atoms with van der Waals surface area (Å²) in [5, 5.41) is 4.62. The number of ether oxygens (including phenoxy) is 1. The van der Waals surface area contributed by atoms with Gasteiger partial charge in [0.2, 0.25) is 0 Å². The number of carbonyl (C=O) groups is 1. The highest BCUT2D eigenvalue weighted by molar-refractivity contribution is 7.18. The topological polar surface area (TPSA) is 51.2 Å². The van der Waals surface area contributed by atoms with Crippen LogP contribution in [0.15, 0.2) is 72.8 Å². The average molecular weight is 437 g/mol. The van der Waals surface area contributed by atoms with Gasteiger partial charge in [-0.2, -0.15) is 0 Å². The first-order chi connectivity index (χ1) is 14.4. The van der Waals surface area contributed by atoms with Crippen LogP contribution in [-0.2, 0) is 11.2 Å². The summed E-state index contributed by atoms with van der Waals surface area (Å²) >= 11 is 7.61. The molecule has 1 amide bonds. The molecule has 0 aliphatic heterocycles. The molecule has 152 valence electrons. The molecular weight excluding hydrogens is 416 g/mol. The van der Waals surface area contributed by atoms with E-state index in [9.17, 15) is 4.79 Å². The molecule has 6 heteroatoms. The number of amides is 1. The Morgan fingerprint density at radius 1 is 1.03 bits per heavy atom. The second-order valence-corrected chi connectivity index (χ2v) is 9.02. The van der Waals surface area contributed by atoms with E-state index in [-0.39, 0.29) is 5.91 Å². The standard InChI is InChI=1S/C24H21ClN2O2S/c1-24(2,29-19-13-9-17(25)10-14-19)23(28)26-18-11-7-16(8-12-18)15-22-27-20-5-3-4-6-21(20)30-22/h3-14H,15H2,1-2H3,(H,26,28). The highest BCUT2D eigenvalue weighted by atomic mass is 35.5. The van der Waals surface area contributed by atoms with Crippen LogP contribution in [0.1, 0.15) is 24.4 Å². The summed E-state index contributed by atoms with van der Waals surface area (Å²) in [6.45, 7) is 3.47. The van der Waals surface area contributed by atoms with Crippen molar-refractivity contribution in [3.8, 4) is 5.75 Å². The largest absolute Gasteiger partial charge is 0.478 e. The van der Waals surface area contributed by atoms with Gasteiger partial charge in [-0.3, -0.25) is 4.79 Å². The van der Waals surface area contributed by atoms with Gasteiger partial charge in [0, 0.05) is 17.1 Å². The van der Waals surface area contributed by atoms with Crippen molar-refractivity contribution in [1.29, 1.82) is 0 Å². The molecule has 0 radical (unpaired) electrons. The van der Waals surface area contributed by atoms with Gasteiger partial charge >= 0.3 is 0 Å². The average Bonchev–Trinajstić information content (AvgIpc) is 3.13. The summed E-state index contributed by atoms with van der Waals surface area (Å²) < 4.78 is 7.04. The summed E-state index contributed by atoms with van der Waals surface area (Å²) in [7, 11) is 0. The third-order valence-corrected chi connectivity index (χ3v) is 5.93. The van der Waals surface area contributed by atoms with Crippen molar-refractivity contribution >= 4 is 44.7 Å². The number of thiazole rings is 1. The van der Waals surface area contributed by atoms with Gasteiger partial charge in [0.1, 0.15) is 5.75 Å². The first-order valence-electron chi connectivity index (χ1n) is 9.58. The van der Waals surface area contributed by atoms with Crippen LogP contribution in [-0.4, -0.2) is 16.5 Å². The van der Waals surface area contributed by atoms with Crippen LogP contribution in [0.25, 0.3) is 10.2 Å². The van der Waals surface area contributed by atoms with Crippen molar-refractivity contribution in [2.45, 2.75) is 25.9 Å². The van der Waals surface area contributed by atoms with Crippen molar-refractivity contribution in [3.63, 3.8) is 0 Å². The number of carbonyl (C=O) groups excluding carboxylic acids is 1. The maximum absolute atomic E-state index is 12.7. The van der Waals surface area contributed by atoms with E-state index >= 15 is 0 Å². The SMILES string of the molecule is CC(C)(Oc1ccc(Cl)cc1)C(=O)Nc1ccc(Cc2nc3ccccc3s2)cc1. The number of nitrogens with zero attached hydrogens (tertiary/aromatic N) is 1. The predicted octanol–water partition coefficient (Wildman–Crippen LogP) is 6.34. The lowest BCUT2D eigenvalue weighted by atomic mass is 10.1. The summed E-state index contributed by atoms with van der Waals surface area (Å²) in [6, 6.07) is 22.9. The minimum Gasteiger partial charge on any atom is -0.478 e. The maximum Gasteiger partial charge on any atom is 0.267 e. The third-order valence-electron chi connectivity index (χ3n) is 4.64. The summed E-state index contributed by atoms with van der Waals surface area (Å²) in [4.78, 5) is 17.4. The minimum absolute atomic E-state index is 0.226. The highest BCUT2D eigenvalue weighted by Gasteiger charge is 2.30. The zero-order valence-corrected chi connectivity index (χ0v) is 18.3. The summed E-state index contributed by atoms with van der Waals surface area (Å²) in [6.07, 6.45) is 0.763. The van der Waals surface area contributed by atoms with E-state index < -0.39 is 5.60 Å². The molecule has 4 nitrogen and oxygen atoms in total. The van der Waals surface area contributed by atoms with Gasteiger partial charge in [0.25, 0.3) is 5.91 Å². The predicted molar refractivity (Wildman–Crippen MR) is 124 cm³/mol. The third kappa shape index (κ3) is 4.81. The van der Waals surface area contributed by atoms with Gasteiger partial charge in [-0.05, 0) is 67.9 Å². The normalized spacial score (nSPS) is 11.4. The first kappa shape index (κ1) is 20.4. The van der Waals surface area contributed by atoms with Gasteiger partial charge in [0.15, 0.2) is 5.60 Å². The van der Waals surface area contributed by atoms with E-state index in [2.05, 4.69) is 16.4 Å². The monoisotopic (exact) mass is 436 g/mol. The smallest absolute Gasteiger partial charge is 0.267 e. The molecule has 1 aromatic heterocycles. The molecule has 0 saturated heterocycles. The Balaban J connectivity index is 1.39. The summed E-state index contributed by atoms with van der Waals surface area (Å²) in [5.41, 5.74) is 1.86. The van der Waals surface area contributed by atoms with E-state index in [1.54, 1.807) is 49.4 Å². The van der Waals surface area contributed by atoms with Crippen LogP contribution in [0.4, 0.5) is 5.69 Å². The Labute approximate surface area is 184 Å². The van der Waals surface area contributed by atoms with E-state index in [4.69, 9.17) is 16.3 Å². The number of hydrogen-bond donors (Lipinski definition) is 1. The number of para-hydroxylation sites is 1. The molecule has 4 aromatic rings. The molecule has 0 atom stereocenters. The lowest BCUT2D eigenvalue weighted by molar-refractivity contribution is -0.128. The molecule has 0 spiro atoms. The number of benzene rings is 3. The van der Waals surface area contributed by atoms with Gasteiger partial charge < -0.3 is 10.1 Å². The quantitative estimate of drug-likeness (QED) is 0.384. The number of halogens is 1. The fourth-order valence-corrected chi connectivity index (χ4v) is 4.13. The van der Waals surface area contributed by atoms with Gasteiger partial charge in [0.05, 0.1) is 15.2 Å². The molecule has 0 unspecified atom stereocenters. The highest BCUT2D eigenvalue weighted by Crippen LogP contribution is 2.25. The number of hydrogen-bond acceptors (Lipinski definition) is 4. The van der Waals surface area contributed by atoms with Gasteiger partial charge in [-0.25, -0.2) is 4.98 Å². The molecule has 0 aliphatic carbocycles. The Morgan fingerprint density at radius 3 is 2.43 bits per heavy atom. The zero-order chi connectivity index (χ0) is 21.1. The van der Waals surface area contributed by atoms with Crippen LogP contribution in [0.5, 0.6) is 5.75 Å². The van der Waals surface area contributed by atoms with Crippen LogP contribution in [0.3, 0.4) is 0 Å². The zero-order valence-electron chi connectivity index (χ0n) is 16.7. The Hall–Kier alpha value is -2.89. The molecule has 30 heavy (non-hydrogen) atoms. The molecule has 0 fully saturated rings. The van der Waals surface area contributed by atoms with E-state index in [0.29, 0.717) is 10.8 Å². The lowest BCUT2D eigenvalue weighted by Gasteiger charge is -2.25. The molecule has 1 N–H and O–H groups in total. The van der Waals surface area contributed by atoms with Gasteiger partial charge in [-0.15, -0.1) is 11.3 Å². The molecular formula is C24H21ClN2O2S. The van der Waals surface area contributed by atoms with Crippen molar-refractivity contribution in [2.24, 2.45) is 0 Å². The Kier molecular flexibility index (Phi) is 5.75. The molecule has 0 aliphatic rings. The molecule has 0 saturated carbocycles. The van der Waals surface area contributed by atoms with E-state index in [1.165, 1.54) is 4.70 Å². The first-order valence-corrected chi connectivity index (χ1v) is 10.8. The molecule has 0 bridgehead atoms. The Bertz CT molecular complexity index is 1140. The lowest BCUT2D eigenvalue weighted by Crippen LogP contribution is -2.42. The number of aromatic nitrogens is 1. The number of fused-ring (bicyclic) bond motifs is 1. The number of nitrogens with one attached hydrogen (secondary N) is 1. The van der Waals surface area contributed by atoms with Crippen LogP contribution in [0.2, 0.25) is 5.02 Å². The van der Waals surface area contributed by atoms with Crippen LogP contribution < -0.4 is 10.1 Å². The molecule has 4 rings (SSSR count). The second kappa shape index (κ2) is 8.46. The van der Waals surface area contributed by atoms with Crippen LogP contribution in [0, 0.1) is 0 Å². The Morgan fingerprint density at radius 2 is 1.73 bits per heavy atom. The maximum atomic E-state index is 12.7. The molecule has 3 aromatic carbocycles. The number of rotatable bonds is 6. The molecule has 1 heterocycles. The van der Waals surface area contributed by atoms with E-state index in [1.807, 2.05) is 42.5 Å².